The molecule has 0 amide bonds. The fourth-order valence-corrected chi connectivity index (χ4v) is 1.92. The molecule has 0 bridgehead atoms. The Morgan fingerprint density at radius 1 is 1.11 bits per heavy atom. The van der Waals surface area contributed by atoms with Gasteiger partial charge in [-0.1, -0.05) is 0 Å². The Morgan fingerprint density at radius 3 is 2.53 bits per heavy atom. The molecule has 0 fully saturated rings. The van der Waals surface area contributed by atoms with Gasteiger partial charge in [-0.05, 0) is 43.7 Å². The van der Waals surface area contributed by atoms with Crippen LogP contribution in [0.15, 0.2) is 36.4 Å². The Balaban J connectivity index is 2.27. The average Bonchev–Trinajstić information content (AvgIpc) is 2.26. The predicted molar refractivity (Wildman–Crippen MR) is 76.4 cm³/mol. The van der Waals surface area contributed by atoms with Crippen LogP contribution in [0.4, 0.5) is 21.5 Å². The SMILES string of the molecule is CCOc1cc(N)cc(Nc2cc(C)cc(F)c2)c1. The van der Waals surface area contributed by atoms with Crippen molar-refractivity contribution in [3.63, 3.8) is 0 Å². The van der Waals surface area contributed by atoms with E-state index in [1.807, 2.05) is 26.0 Å². The van der Waals surface area contributed by atoms with E-state index in [9.17, 15) is 4.39 Å². The van der Waals surface area contributed by atoms with E-state index in [0.717, 1.165) is 11.3 Å². The second kappa shape index (κ2) is 5.61. The molecule has 0 aliphatic rings. The molecule has 0 radical (unpaired) electrons. The van der Waals surface area contributed by atoms with E-state index in [1.54, 1.807) is 12.1 Å². The van der Waals surface area contributed by atoms with E-state index in [-0.39, 0.29) is 5.82 Å². The van der Waals surface area contributed by atoms with Crippen molar-refractivity contribution in [3.05, 3.63) is 47.8 Å². The van der Waals surface area contributed by atoms with Gasteiger partial charge in [-0.3, -0.25) is 0 Å². The van der Waals surface area contributed by atoms with Crippen molar-refractivity contribution >= 4 is 17.1 Å². The van der Waals surface area contributed by atoms with Crippen molar-refractivity contribution in [3.8, 4) is 5.75 Å². The summed E-state index contributed by atoms with van der Waals surface area (Å²) in [7, 11) is 0. The molecule has 0 spiro atoms. The summed E-state index contributed by atoms with van der Waals surface area (Å²) < 4.78 is 18.7. The highest BCUT2D eigenvalue weighted by atomic mass is 19.1. The first kappa shape index (κ1) is 13.2. The Labute approximate surface area is 112 Å². The number of anilines is 3. The van der Waals surface area contributed by atoms with Crippen molar-refractivity contribution in [1.29, 1.82) is 0 Å². The van der Waals surface area contributed by atoms with Crippen molar-refractivity contribution < 1.29 is 9.13 Å². The summed E-state index contributed by atoms with van der Waals surface area (Å²) in [4.78, 5) is 0. The van der Waals surface area contributed by atoms with Crippen LogP contribution in [0, 0.1) is 12.7 Å². The first-order valence-electron chi connectivity index (χ1n) is 6.14. The zero-order valence-electron chi connectivity index (χ0n) is 11.0. The van der Waals surface area contributed by atoms with Gasteiger partial charge in [0, 0.05) is 29.2 Å². The van der Waals surface area contributed by atoms with Gasteiger partial charge in [0.25, 0.3) is 0 Å². The quantitative estimate of drug-likeness (QED) is 0.821. The van der Waals surface area contributed by atoms with Gasteiger partial charge in [-0.25, -0.2) is 4.39 Å². The molecular weight excluding hydrogens is 243 g/mol. The maximum atomic E-state index is 13.3. The van der Waals surface area contributed by atoms with Crippen molar-refractivity contribution in [2.75, 3.05) is 17.7 Å². The molecule has 4 heteroatoms. The molecule has 2 aromatic carbocycles. The van der Waals surface area contributed by atoms with Gasteiger partial charge in [0.2, 0.25) is 0 Å². The summed E-state index contributed by atoms with van der Waals surface area (Å²) in [6.45, 7) is 4.33. The van der Waals surface area contributed by atoms with Gasteiger partial charge in [-0.2, -0.15) is 0 Å². The lowest BCUT2D eigenvalue weighted by molar-refractivity contribution is 0.340. The number of ether oxygens (including phenoxy) is 1. The number of hydrogen-bond donors (Lipinski definition) is 2. The van der Waals surface area contributed by atoms with E-state index in [2.05, 4.69) is 5.32 Å². The minimum Gasteiger partial charge on any atom is -0.494 e. The van der Waals surface area contributed by atoms with Gasteiger partial charge in [0.1, 0.15) is 11.6 Å². The first-order chi connectivity index (χ1) is 9.06. The van der Waals surface area contributed by atoms with Crippen LogP contribution in [0.2, 0.25) is 0 Å². The van der Waals surface area contributed by atoms with Crippen LogP contribution in [0.1, 0.15) is 12.5 Å². The number of nitrogens with two attached hydrogens (primary N) is 1. The summed E-state index contributed by atoms with van der Waals surface area (Å²) >= 11 is 0. The van der Waals surface area contributed by atoms with Crippen LogP contribution in [0.5, 0.6) is 5.75 Å². The molecule has 3 N–H and O–H groups in total. The highest BCUT2D eigenvalue weighted by molar-refractivity contribution is 5.66. The Bertz CT molecular complexity index is 564. The lowest BCUT2D eigenvalue weighted by Crippen LogP contribution is -1.97. The number of aryl methyl sites for hydroxylation is 1. The molecule has 19 heavy (non-hydrogen) atoms. The molecule has 0 unspecified atom stereocenters. The normalized spacial score (nSPS) is 10.3. The van der Waals surface area contributed by atoms with Crippen molar-refractivity contribution in [2.24, 2.45) is 0 Å². The number of hydrogen-bond acceptors (Lipinski definition) is 3. The summed E-state index contributed by atoms with van der Waals surface area (Å²) in [6, 6.07) is 10.2. The maximum Gasteiger partial charge on any atom is 0.125 e. The summed E-state index contributed by atoms with van der Waals surface area (Å²) in [5.74, 6) is 0.426. The third-order valence-electron chi connectivity index (χ3n) is 2.57. The monoisotopic (exact) mass is 260 g/mol. The van der Waals surface area contributed by atoms with E-state index in [0.29, 0.717) is 23.7 Å². The number of nitrogen functional groups attached to an aromatic ring is 1. The molecule has 2 aromatic rings. The molecule has 0 saturated heterocycles. The van der Waals surface area contributed by atoms with Gasteiger partial charge in [-0.15, -0.1) is 0 Å². The molecule has 0 aliphatic heterocycles. The second-order valence-electron chi connectivity index (χ2n) is 4.37. The highest BCUT2D eigenvalue weighted by Crippen LogP contribution is 2.26. The van der Waals surface area contributed by atoms with Crippen LogP contribution >= 0.6 is 0 Å². The average molecular weight is 260 g/mol. The molecule has 100 valence electrons. The van der Waals surface area contributed by atoms with Crippen LogP contribution in [0.25, 0.3) is 0 Å². The molecule has 0 aromatic heterocycles. The summed E-state index contributed by atoms with van der Waals surface area (Å²) in [5, 5.41) is 3.13. The first-order valence-corrected chi connectivity index (χ1v) is 6.14. The summed E-state index contributed by atoms with van der Waals surface area (Å²) in [6.07, 6.45) is 0. The van der Waals surface area contributed by atoms with Gasteiger partial charge < -0.3 is 15.8 Å². The van der Waals surface area contributed by atoms with Crippen LogP contribution in [-0.4, -0.2) is 6.61 Å². The number of rotatable bonds is 4. The molecule has 0 saturated carbocycles. The van der Waals surface area contributed by atoms with Gasteiger partial charge in [0.15, 0.2) is 0 Å². The second-order valence-corrected chi connectivity index (χ2v) is 4.37. The summed E-state index contributed by atoms with van der Waals surface area (Å²) in [5.41, 5.74) is 8.72. The topological polar surface area (TPSA) is 47.3 Å². The van der Waals surface area contributed by atoms with Gasteiger partial charge >= 0.3 is 0 Å². The predicted octanol–water partition coefficient (Wildman–Crippen LogP) is 3.86. The Morgan fingerprint density at radius 2 is 1.84 bits per heavy atom. The lowest BCUT2D eigenvalue weighted by Gasteiger charge is -2.11. The van der Waals surface area contributed by atoms with Crippen LogP contribution in [-0.2, 0) is 0 Å². The third kappa shape index (κ3) is 3.61. The lowest BCUT2D eigenvalue weighted by atomic mass is 10.2. The Kier molecular flexibility index (Phi) is 3.90. The molecule has 2 rings (SSSR count). The van der Waals surface area contributed by atoms with Crippen molar-refractivity contribution in [2.45, 2.75) is 13.8 Å². The number of benzene rings is 2. The zero-order valence-corrected chi connectivity index (χ0v) is 11.0. The maximum absolute atomic E-state index is 13.3. The largest absolute Gasteiger partial charge is 0.494 e. The van der Waals surface area contributed by atoms with Crippen molar-refractivity contribution in [1.82, 2.24) is 0 Å². The third-order valence-corrected chi connectivity index (χ3v) is 2.57. The van der Waals surface area contributed by atoms with Crippen LogP contribution in [0.3, 0.4) is 0 Å². The highest BCUT2D eigenvalue weighted by Gasteiger charge is 2.02. The van der Waals surface area contributed by atoms with E-state index in [1.165, 1.54) is 12.1 Å². The molecule has 0 heterocycles. The van der Waals surface area contributed by atoms with Gasteiger partial charge in [0.05, 0.1) is 6.61 Å². The molecule has 0 atom stereocenters. The van der Waals surface area contributed by atoms with Crippen LogP contribution < -0.4 is 15.8 Å². The minimum atomic E-state index is -0.267. The fourth-order valence-electron chi connectivity index (χ4n) is 1.92. The zero-order chi connectivity index (χ0) is 13.8. The molecule has 0 aliphatic carbocycles. The molecular formula is C15H17FN2O. The van der Waals surface area contributed by atoms with E-state index >= 15 is 0 Å². The standard InChI is InChI=1S/C15H17FN2O/c1-3-19-15-8-12(17)7-14(9-15)18-13-5-10(2)4-11(16)6-13/h4-9,18H,3,17H2,1-2H3. The number of halogens is 1. The number of nitrogens with one attached hydrogen (secondary N) is 1. The smallest absolute Gasteiger partial charge is 0.125 e. The fraction of sp³-hybridized carbons (Fsp3) is 0.200. The Hall–Kier alpha value is -2.23. The van der Waals surface area contributed by atoms with E-state index < -0.39 is 0 Å². The molecule has 3 nitrogen and oxygen atoms in total. The van der Waals surface area contributed by atoms with E-state index in [4.69, 9.17) is 10.5 Å². The minimum absolute atomic E-state index is 0.267.